The maximum Gasteiger partial charge on any atom is 0.416 e. The van der Waals surface area contributed by atoms with E-state index in [1.54, 1.807) is 64.4 Å². The van der Waals surface area contributed by atoms with Gasteiger partial charge in [0.2, 0.25) is 5.91 Å². The molecule has 3 aromatic rings. The number of hydrogen-bond donors (Lipinski definition) is 6. The average Bonchev–Trinajstić information content (AvgIpc) is 4.03. The van der Waals surface area contributed by atoms with E-state index in [9.17, 15) is 48.9 Å². The van der Waals surface area contributed by atoms with Crippen molar-refractivity contribution in [2.24, 2.45) is 5.92 Å². The maximum atomic E-state index is 14.1. The summed E-state index contributed by atoms with van der Waals surface area (Å²) < 4.78 is 34.0. The molecule has 3 aromatic carbocycles. The lowest BCUT2D eigenvalue weighted by molar-refractivity contribution is -0.154. The van der Waals surface area contributed by atoms with Gasteiger partial charge in [0.05, 0.1) is 62.0 Å². The van der Waals surface area contributed by atoms with Crippen LogP contribution in [-0.4, -0.2) is 137 Å². The number of carbonyl (C=O) groups excluding carboxylic acids is 6. The molecule has 0 saturated carbocycles. The number of benzene rings is 3. The van der Waals surface area contributed by atoms with Gasteiger partial charge in [0, 0.05) is 30.2 Å². The number of carbonyl (C=O) groups is 7. The first kappa shape index (κ1) is 56.6. The average molecular weight is 1070 g/mol. The second-order valence-corrected chi connectivity index (χ2v) is 19.3. The van der Waals surface area contributed by atoms with E-state index in [1.165, 1.54) is 54.4 Å². The third kappa shape index (κ3) is 12.4. The molecule has 4 aliphatic heterocycles. The zero-order valence-electron chi connectivity index (χ0n) is 43.9. The monoisotopic (exact) mass is 1070 g/mol. The number of fused-ring (bicyclic) bond motifs is 4. The number of ketones is 1. The summed E-state index contributed by atoms with van der Waals surface area (Å²) in [6, 6.07) is 8.80. The highest BCUT2D eigenvalue weighted by molar-refractivity contribution is 6.36. The molecule has 4 heterocycles. The smallest absolute Gasteiger partial charge is 0.416 e. The molecule has 5 amide bonds. The number of aliphatic hydroxyl groups is 2. The SMILES string of the molecule is C=CCOC(=O)C(=O)C(NC(=O)C(C)NNc1ccc(COC(=O)N2c3cc(OCCCCCOc4cc5c(cc4OC)C(=O)N4C=C(C)CC4C(O)N5C(=O)O)c(OC)cc3C(=O)N3C=C(C)CC3[C@@H]2O)cc1)C(C)C. The van der Waals surface area contributed by atoms with Crippen molar-refractivity contribution >= 4 is 58.7 Å². The van der Waals surface area contributed by atoms with Crippen LogP contribution >= 0.6 is 0 Å². The van der Waals surface area contributed by atoms with Gasteiger partial charge in [0.1, 0.15) is 25.3 Å². The quantitative estimate of drug-likeness (QED) is 0.0235. The molecule has 4 aliphatic rings. The van der Waals surface area contributed by atoms with E-state index < -0.39 is 84.2 Å². The highest BCUT2D eigenvalue weighted by atomic mass is 16.6. The van der Waals surface area contributed by atoms with Crippen LogP contribution in [0.3, 0.4) is 0 Å². The molecule has 7 rings (SSSR count). The second kappa shape index (κ2) is 24.7. The van der Waals surface area contributed by atoms with Gasteiger partial charge < -0.3 is 64.3 Å². The van der Waals surface area contributed by atoms with E-state index in [1.807, 2.05) is 6.92 Å². The van der Waals surface area contributed by atoms with Crippen LogP contribution in [0.15, 0.2) is 84.7 Å². The summed E-state index contributed by atoms with van der Waals surface area (Å²) in [6.07, 6.45) is 1.33. The minimum atomic E-state index is -1.53. The fourth-order valence-electron chi connectivity index (χ4n) is 9.31. The molecular weight excluding hydrogens is 1000 g/mol. The van der Waals surface area contributed by atoms with E-state index in [4.69, 9.17) is 28.4 Å². The fourth-order valence-corrected chi connectivity index (χ4v) is 9.31. The molecule has 0 aliphatic carbocycles. The van der Waals surface area contributed by atoms with E-state index in [0.717, 1.165) is 20.9 Å². The topological polar surface area (TPSA) is 285 Å². The lowest BCUT2D eigenvalue weighted by Crippen LogP contribution is -2.53. The number of Topliss-reactive ketones (excluding diaryl/α,β-unsaturated/α-hetero) is 1. The molecule has 77 heavy (non-hydrogen) atoms. The van der Waals surface area contributed by atoms with Gasteiger partial charge in [-0.25, -0.2) is 29.6 Å². The Balaban J connectivity index is 0.968. The lowest BCUT2D eigenvalue weighted by Gasteiger charge is -2.31. The van der Waals surface area contributed by atoms with Crippen LogP contribution < -0.4 is 44.9 Å². The minimum Gasteiger partial charge on any atom is -0.493 e. The molecule has 0 spiro atoms. The number of ether oxygens (including phenoxy) is 6. The molecule has 0 radical (unpaired) electrons. The number of aliphatic hydroxyl groups excluding tert-OH is 2. The Kier molecular flexibility index (Phi) is 18.1. The zero-order valence-corrected chi connectivity index (χ0v) is 43.9. The molecule has 0 aromatic heterocycles. The Hall–Kier alpha value is -8.15. The molecule has 23 nitrogen and oxygen atoms in total. The Labute approximate surface area is 444 Å². The number of hydrazine groups is 1. The van der Waals surface area contributed by atoms with Gasteiger partial charge in [-0.15, -0.1) is 0 Å². The Morgan fingerprint density at radius 1 is 0.740 bits per heavy atom. The van der Waals surface area contributed by atoms with Crippen LogP contribution in [-0.2, 0) is 30.5 Å². The van der Waals surface area contributed by atoms with Gasteiger partial charge in [0.15, 0.2) is 35.5 Å². The van der Waals surface area contributed by atoms with Crippen LogP contribution in [0, 0.1) is 5.92 Å². The van der Waals surface area contributed by atoms with Crippen LogP contribution in [0.4, 0.5) is 26.7 Å². The van der Waals surface area contributed by atoms with E-state index in [2.05, 4.69) is 22.7 Å². The van der Waals surface area contributed by atoms with Gasteiger partial charge in [0.25, 0.3) is 17.6 Å². The maximum absolute atomic E-state index is 14.1. The molecule has 412 valence electrons. The number of unbranched alkanes of at least 4 members (excludes halogenated alkanes) is 2. The van der Waals surface area contributed by atoms with Crippen molar-refractivity contribution in [2.75, 3.05) is 49.3 Å². The van der Waals surface area contributed by atoms with E-state index in [0.29, 0.717) is 43.4 Å². The highest BCUT2D eigenvalue weighted by Gasteiger charge is 2.46. The highest BCUT2D eigenvalue weighted by Crippen LogP contribution is 2.44. The summed E-state index contributed by atoms with van der Waals surface area (Å²) in [5.41, 5.74) is 8.61. The Morgan fingerprint density at radius 2 is 1.26 bits per heavy atom. The summed E-state index contributed by atoms with van der Waals surface area (Å²) in [6.45, 7) is 12.0. The third-order valence-corrected chi connectivity index (χ3v) is 13.4. The van der Waals surface area contributed by atoms with Crippen molar-refractivity contribution in [3.8, 4) is 23.0 Å². The molecule has 6 atom stereocenters. The first-order valence-corrected chi connectivity index (χ1v) is 25.0. The van der Waals surface area contributed by atoms with Crippen molar-refractivity contribution < 1.29 is 77.3 Å². The number of amides is 5. The van der Waals surface area contributed by atoms with Crippen LogP contribution in [0.2, 0.25) is 0 Å². The van der Waals surface area contributed by atoms with Gasteiger partial charge in [-0.1, -0.05) is 49.8 Å². The Bertz CT molecular complexity index is 2830. The number of esters is 1. The predicted octanol–water partition coefficient (Wildman–Crippen LogP) is 5.60. The third-order valence-electron chi connectivity index (χ3n) is 13.4. The number of nitrogens with one attached hydrogen (secondary N) is 3. The van der Waals surface area contributed by atoms with Gasteiger partial charge in [-0.3, -0.25) is 19.2 Å². The summed E-state index contributed by atoms with van der Waals surface area (Å²) in [5.74, 6) is -3.09. The molecule has 0 bridgehead atoms. The number of carboxylic acid groups (broad SMARTS) is 1. The summed E-state index contributed by atoms with van der Waals surface area (Å²) in [5, 5.41) is 35.8. The zero-order chi connectivity index (χ0) is 55.8. The molecule has 0 fully saturated rings. The summed E-state index contributed by atoms with van der Waals surface area (Å²) in [4.78, 5) is 96.7. The molecule has 6 N–H and O–H groups in total. The Morgan fingerprint density at radius 3 is 1.75 bits per heavy atom. The first-order chi connectivity index (χ1) is 36.8. The molecule has 23 heteroatoms. The lowest BCUT2D eigenvalue weighted by atomic mass is 9.99. The molecular formula is C54H65N7O16. The number of rotatable bonds is 22. The predicted molar refractivity (Wildman–Crippen MR) is 278 cm³/mol. The second-order valence-electron chi connectivity index (χ2n) is 19.3. The summed E-state index contributed by atoms with van der Waals surface area (Å²) >= 11 is 0. The van der Waals surface area contributed by atoms with Crippen molar-refractivity contribution in [1.82, 2.24) is 20.5 Å². The standard InChI is InChI=1S/C54H65N7O16/c1-9-17-76-52(68)46(62)45(29(2)3)55-47(63)32(6)56-57-34-15-13-33(14-16-34)28-77-54(71)61-38-25-44(42(73-8)23-36(38)49(65)59-27-31(5)21-40(59)51(61)67)75-19-12-10-11-18-74-43-24-37-35(22-41(43)72-7)48(64)58-26-30(4)20-39(58)50(66)60(37)53(69)70/h9,13-16,22-27,29,32,39-40,45,50-51,56-57,66-67H,1,10-12,17-21,28H2,2-8H3,(H,55,63)(H,69,70)/t32?,39?,40?,45?,50?,51-/m0/s1. The number of hydrogen-bond acceptors (Lipinski definition) is 17. The van der Waals surface area contributed by atoms with E-state index in [-0.39, 0.29) is 71.9 Å². The van der Waals surface area contributed by atoms with Crippen LogP contribution in [0.1, 0.15) is 93.0 Å². The van der Waals surface area contributed by atoms with Crippen molar-refractivity contribution in [1.29, 1.82) is 0 Å². The number of nitrogens with zero attached hydrogens (tertiary/aromatic N) is 4. The van der Waals surface area contributed by atoms with Crippen molar-refractivity contribution in [3.05, 3.63) is 101 Å². The van der Waals surface area contributed by atoms with Crippen LogP contribution in [0.25, 0.3) is 0 Å². The largest absolute Gasteiger partial charge is 0.493 e. The minimum absolute atomic E-state index is 0.0328. The molecule has 5 unspecified atom stereocenters. The fraction of sp³-hybridized carbons (Fsp3) is 0.426. The number of methoxy groups -OCH3 is 2. The summed E-state index contributed by atoms with van der Waals surface area (Å²) in [7, 11) is 2.81. The number of anilines is 3. The van der Waals surface area contributed by atoms with Gasteiger partial charge in [-0.05, 0) is 88.6 Å². The van der Waals surface area contributed by atoms with Gasteiger partial charge in [-0.2, -0.15) is 0 Å². The van der Waals surface area contributed by atoms with Crippen LogP contribution in [0.5, 0.6) is 23.0 Å². The van der Waals surface area contributed by atoms with Crippen molar-refractivity contribution in [2.45, 2.75) is 110 Å². The molecule has 0 saturated heterocycles. The first-order valence-electron chi connectivity index (χ1n) is 25.0. The van der Waals surface area contributed by atoms with Gasteiger partial charge >= 0.3 is 18.2 Å². The normalized spacial score (nSPS) is 19.2. The van der Waals surface area contributed by atoms with Crippen molar-refractivity contribution in [3.63, 3.8) is 0 Å². The van der Waals surface area contributed by atoms with E-state index >= 15 is 0 Å².